The number of hydrogen-bond donors (Lipinski definition) is 2. The molecule has 5 nitrogen and oxygen atoms in total. The van der Waals surface area contributed by atoms with Crippen LogP contribution in [0.3, 0.4) is 0 Å². The molecule has 6 heteroatoms. The van der Waals surface area contributed by atoms with Crippen molar-refractivity contribution >= 4 is 17.5 Å². The Morgan fingerprint density at radius 1 is 1.53 bits per heavy atom. The molecule has 1 heterocycles. The lowest BCUT2D eigenvalue weighted by Crippen LogP contribution is -2.40. The molecule has 1 aromatic rings. The monoisotopic (exact) mass is 257 g/mol. The lowest BCUT2D eigenvalue weighted by molar-refractivity contribution is 0.0468. The zero-order valence-corrected chi connectivity index (χ0v) is 10.7. The fourth-order valence-corrected chi connectivity index (χ4v) is 1.52. The van der Waals surface area contributed by atoms with Gasteiger partial charge in [0.05, 0.1) is 18.0 Å². The van der Waals surface area contributed by atoms with E-state index in [1.807, 2.05) is 6.92 Å². The molecule has 0 spiro atoms. The van der Waals surface area contributed by atoms with Gasteiger partial charge in [0.1, 0.15) is 10.8 Å². The van der Waals surface area contributed by atoms with Crippen molar-refractivity contribution in [3.05, 3.63) is 23.2 Å². The molecule has 1 aromatic heterocycles. The maximum Gasteiger partial charge on any atom is 0.271 e. The molecule has 0 fully saturated rings. The first-order valence-corrected chi connectivity index (χ1v) is 5.80. The van der Waals surface area contributed by atoms with Gasteiger partial charge in [-0.15, -0.1) is 0 Å². The molecule has 1 unspecified atom stereocenters. The van der Waals surface area contributed by atoms with Gasteiger partial charge in [0, 0.05) is 6.54 Å². The molecule has 1 amide bonds. The summed E-state index contributed by atoms with van der Waals surface area (Å²) in [7, 11) is 0. The second-order valence-corrected chi connectivity index (χ2v) is 4.54. The third-order valence-electron chi connectivity index (χ3n) is 2.27. The highest BCUT2D eigenvalue weighted by Gasteiger charge is 2.20. The van der Waals surface area contributed by atoms with E-state index in [1.54, 1.807) is 6.92 Å². The van der Waals surface area contributed by atoms with E-state index < -0.39 is 5.60 Å². The third-order valence-corrected chi connectivity index (χ3v) is 2.47. The van der Waals surface area contributed by atoms with Crippen molar-refractivity contribution in [3.63, 3.8) is 0 Å². The molecule has 0 saturated heterocycles. The van der Waals surface area contributed by atoms with Crippen molar-refractivity contribution in [1.29, 1.82) is 0 Å². The number of aliphatic hydroxyl groups is 1. The molecule has 1 atom stereocenters. The molecule has 0 bridgehead atoms. The topological polar surface area (TPSA) is 75.1 Å². The summed E-state index contributed by atoms with van der Waals surface area (Å²) in [5.41, 5.74) is -0.716. The molecule has 17 heavy (non-hydrogen) atoms. The van der Waals surface area contributed by atoms with Crippen LogP contribution in [0.5, 0.6) is 0 Å². The van der Waals surface area contributed by atoms with Gasteiger partial charge in [0.15, 0.2) is 0 Å². The summed E-state index contributed by atoms with van der Waals surface area (Å²) < 4.78 is 0. The van der Waals surface area contributed by atoms with Crippen LogP contribution < -0.4 is 5.32 Å². The number of aromatic nitrogens is 2. The number of nitrogens with one attached hydrogen (secondary N) is 1. The minimum atomic E-state index is -0.899. The van der Waals surface area contributed by atoms with Crippen molar-refractivity contribution < 1.29 is 9.90 Å². The van der Waals surface area contributed by atoms with Crippen LogP contribution in [0.2, 0.25) is 5.15 Å². The number of amides is 1. The van der Waals surface area contributed by atoms with E-state index in [-0.39, 0.29) is 23.3 Å². The van der Waals surface area contributed by atoms with E-state index in [4.69, 9.17) is 11.6 Å². The summed E-state index contributed by atoms with van der Waals surface area (Å²) in [5.74, 6) is -0.370. The summed E-state index contributed by atoms with van der Waals surface area (Å²) in [4.78, 5) is 19.2. The van der Waals surface area contributed by atoms with Gasteiger partial charge in [0.2, 0.25) is 0 Å². The lowest BCUT2D eigenvalue weighted by atomic mass is 10.0. The van der Waals surface area contributed by atoms with Crippen LogP contribution in [-0.4, -0.2) is 33.1 Å². The van der Waals surface area contributed by atoms with E-state index in [9.17, 15) is 9.90 Å². The fourth-order valence-electron chi connectivity index (χ4n) is 1.42. The first-order valence-electron chi connectivity index (χ1n) is 5.43. The number of halogens is 1. The predicted molar refractivity (Wildman–Crippen MR) is 64.9 cm³/mol. The molecule has 2 N–H and O–H groups in total. The molecule has 0 aliphatic carbocycles. The number of nitrogens with zero attached hydrogens (tertiary/aromatic N) is 2. The average molecular weight is 258 g/mol. The van der Waals surface area contributed by atoms with Crippen molar-refractivity contribution in [2.24, 2.45) is 0 Å². The number of rotatable bonds is 5. The Balaban J connectivity index is 2.53. The van der Waals surface area contributed by atoms with E-state index in [1.165, 1.54) is 12.4 Å². The highest BCUT2D eigenvalue weighted by atomic mass is 35.5. The van der Waals surface area contributed by atoms with Crippen molar-refractivity contribution in [2.75, 3.05) is 6.54 Å². The minimum Gasteiger partial charge on any atom is -0.388 e. The van der Waals surface area contributed by atoms with Crippen LogP contribution in [-0.2, 0) is 0 Å². The Morgan fingerprint density at radius 3 is 2.76 bits per heavy atom. The second-order valence-electron chi connectivity index (χ2n) is 4.15. The first kappa shape index (κ1) is 13.9. The lowest BCUT2D eigenvalue weighted by Gasteiger charge is -2.22. The summed E-state index contributed by atoms with van der Waals surface area (Å²) in [6, 6.07) is 0. The van der Waals surface area contributed by atoms with Gasteiger partial charge >= 0.3 is 0 Å². The second kappa shape index (κ2) is 5.93. The summed E-state index contributed by atoms with van der Waals surface area (Å²) in [6.07, 6.45) is 4.08. The largest absolute Gasteiger partial charge is 0.388 e. The Morgan fingerprint density at radius 2 is 2.24 bits per heavy atom. The van der Waals surface area contributed by atoms with E-state index >= 15 is 0 Å². The van der Waals surface area contributed by atoms with Gasteiger partial charge in [-0.05, 0) is 13.3 Å². The summed E-state index contributed by atoms with van der Waals surface area (Å²) in [6.45, 7) is 3.84. The maximum absolute atomic E-state index is 11.6. The van der Waals surface area contributed by atoms with Crippen molar-refractivity contribution in [3.8, 4) is 0 Å². The standard InChI is InChI=1S/C11H16ClN3O2/c1-3-4-11(2,17)7-15-10(16)8-5-14-9(12)6-13-8/h5-6,17H,3-4,7H2,1-2H3,(H,15,16). The van der Waals surface area contributed by atoms with Crippen LogP contribution >= 0.6 is 11.6 Å². The molecular weight excluding hydrogens is 242 g/mol. The zero-order valence-electron chi connectivity index (χ0n) is 9.90. The Kier molecular flexibility index (Phi) is 4.84. The van der Waals surface area contributed by atoms with Gasteiger partial charge in [-0.1, -0.05) is 24.9 Å². The summed E-state index contributed by atoms with van der Waals surface area (Å²) in [5, 5.41) is 12.7. The Hall–Kier alpha value is -1.20. The maximum atomic E-state index is 11.6. The van der Waals surface area contributed by atoms with E-state index in [2.05, 4.69) is 15.3 Å². The smallest absolute Gasteiger partial charge is 0.271 e. The van der Waals surface area contributed by atoms with Gasteiger partial charge in [0.25, 0.3) is 5.91 Å². The quantitative estimate of drug-likeness (QED) is 0.836. The molecule has 0 saturated carbocycles. The minimum absolute atomic E-state index is 0.182. The van der Waals surface area contributed by atoms with E-state index in [0.29, 0.717) is 6.42 Å². The Bertz CT molecular complexity index is 379. The van der Waals surface area contributed by atoms with Crippen LogP contribution in [0.1, 0.15) is 37.2 Å². The number of hydrogen-bond acceptors (Lipinski definition) is 4. The highest BCUT2D eigenvalue weighted by molar-refractivity contribution is 6.29. The van der Waals surface area contributed by atoms with Crippen LogP contribution in [0.25, 0.3) is 0 Å². The fraction of sp³-hybridized carbons (Fsp3) is 0.545. The van der Waals surface area contributed by atoms with Crippen LogP contribution in [0, 0.1) is 0 Å². The summed E-state index contributed by atoms with van der Waals surface area (Å²) >= 11 is 5.56. The van der Waals surface area contributed by atoms with Crippen LogP contribution in [0.4, 0.5) is 0 Å². The number of carbonyl (C=O) groups is 1. The molecule has 0 aliphatic rings. The predicted octanol–water partition coefficient (Wildman–Crippen LogP) is 1.41. The van der Waals surface area contributed by atoms with Crippen molar-refractivity contribution in [1.82, 2.24) is 15.3 Å². The SMILES string of the molecule is CCCC(C)(O)CNC(=O)c1cnc(Cl)cn1. The average Bonchev–Trinajstić information content (AvgIpc) is 2.27. The number of carbonyl (C=O) groups excluding carboxylic acids is 1. The third kappa shape index (κ3) is 4.66. The molecule has 0 aromatic carbocycles. The molecule has 1 rings (SSSR count). The molecule has 0 radical (unpaired) electrons. The molecule has 0 aliphatic heterocycles. The van der Waals surface area contributed by atoms with Gasteiger partial charge < -0.3 is 10.4 Å². The van der Waals surface area contributed by atoms with Gasteiger partial charge in [-0.3, -0.25) is 4.79 Å². The molecule has 94 valence electrons. The normalized spacial score (nSPS) is 14.1. The van der Waals surface area contributed by atoms with Crippen molar-refractivity contribution in [2.45, 2.75) is 32.3 Å². The first-order chi connectivity index (χ1) is 7.94. The molecular formula is C11H16ClN3O2. The van der Waals surface area contributed by atoms with Crippen LogP contribution in [0.15, 0.2) is 12.4 Å². The highest BCUT2D eigenvalue weighted by Crippen LogP contribution is 2.10. The Labute approximate surface area is 105 Å². The van der Waals surface area contributed by atoms with Gasteiger partial charge in [-0.25, -0.2) is 9.97 Å². The van der Waals surface area contributed by atoms with E-state index in [0.717, 1.165) is 6.42 Å². The zero-order chi connectivity index (χ0) is 12.9. The van der Waals surface area contributed by atoms with Gasteiger partial charge in [-0.2, -0.15) is 0 Å².